The van der Waals surface area contributed by atoms with Crippen LogP contribution in [0.15, 0.2) is 36.5 Å². The highest BCUT2D eigenvalue weighted by Gasteiger charge is 2.21. The van der Waals surface area contributed by atoms with Crippen LogP contribution in [0.4, 0.5) is 15.8 Å². The van der Waals surface area contributed by atoms with E-state index in [2.05, 4.69) is 40.1 Å². The Morgan fingerprint density at radius 1 is 1.48 bits per heavy atom. The van der Waals surface area contributed by atoms with Crippen molar-refractivity contribution in [2.24, 2.45) is 0 Å². The van der Waals surface area contributed by atoms with E-state index in [1.165, 1.54) is 6.07 Å². The summed E-state index contributed by atoms with van der Waals surface area (Å²) in [4.78, 5) is 19.9. The van der Waals surface area contributed by atoms with Crippen molar-refractivity contribution in [1.82, 2.24) is 15.6 Å². The van der Waals surface area contributed by atoms with E-state index in [0.717, 1.165) is 34.8 Å². The number of fused-ring (bicyclic) bond motifs is 1. The highest BCUT2D eigenvalue weighted by atomic mass is 32.1. The molecule has 9 heteroatoms. The van der Waals surface area contributed by atoms with Crippen LogP contribution in [0.5, 0.6) is 0 Å². The number of aromatic nitrogens is 1. The molecule has 1 saturated heterocycles. The fourth-order valence-electron chi connectivity index (χ4n) is 4.03. The number of aryl methyl sites for hydroxylation is 1. The summed E-state index contributed by atoms with van der Waals surface area (Å²) >= 11 is 1.15. The van der Waals surface area contributed by atoms with Gasteiger partial charge in [0.1, 0.15) is 21.6 Å². The molecule has 3 aromatic rings. The Hall–Kier alpha value is -3.64. The minimum atomic E-state index is -0.449. The third-order valence-electron chi connectivity index (χ3n) is 5.60. The Kier molecular flexibility index (Phi) is 6.20. The molecule has 1 amide bonds. The largest absolute Gasteiger partial charge is 0.397 e. The number of nitriles is 1. The number of nitrogens with one attached hydrogen (secondary N) is 2. The molecule has 4 rings (SSSR count). The van der Waals surface area contributed by atoms with Crippen molar-refractivity contribution in [2.45, 2.75) is 26.3 Å². The maximum Gasteiger partial charge on any atom is 0.263 e. The van der Waals surface area contributed by atoms with E-state index in [-0.39, 0.29) is 23.3 Å². The number of carbonyl (C=O) groups is 1. The van der Waals surface area contributed by atoms with E-state index in [1.54, 1.807) is 6.92 Å². The number of nitrogen functional groups attached to an aromatic ring is 1. The van der Waals surface area contributed by atoms with Gasteiger partial charge in [0.05, 0.1) is 29.2 Å². The number of nitrogens with two attached hydrogens (primary N) is 1. The molecule has 33 heavy (non-hydrogen) atoms. The first-order valence-electron chi connectivity index (χ1n) is 10.6. The van der Waals surface area contributed by atoms with Crippen molar-refractivity contribution in [2.75, 3.05) is 30.3 Å². The monoisotopic (exact) mass is 464 g/mol. The smallest absolute Gasteiger partial charge is 0.263 e. The van der Waals surface area contributed by atoms with Crippen LogP contribution in [-0.2, 0) is 6.42 Å². The van der Waals surface area contributed by atoms with Gasteiger partial charge in [0.25, 0.3) is 5.91 Å². The van der Waals surface area contributed by atoms with E-state index in [1.807, 2.05) is 18.2 Å². The van der Waals surface area contributed by atoms with Crippen molar-refractivity contribution in [3.63, 3.8) is 0 Å². The molecule has 170 valence electrons. The first-order valence-corrected chi connectivity index (χ1v) is 11.4. The van der Waals surface area contributed by atoms with Crippen molar-refractivity contribution in [1.29, 1.82) is 5.26 Å². The van der Waals surface area contributed by atoms with Gasteiger partial charge in [0.2, 0.25) is 0 Å². The Morgan fingerprint density at radius 3 is 3.00 bits per heavy atom. The van der Waals surface area contributed by atoms with Crippen LogP contribution >= 0.6 is 11.3 Å². The molecule has 0 bridgehead atoms. The van der Waals surface area contributed by atoms with E-state index in [0.29, 0.717) is 40.2 Å². The quantitative estimate of drug-likeness (QED) is 0.534. The minimum Gasteiger partial charge on any atom is -0.397 e. The first-order chi connectivity index (χ1) is 15.8. The molecule has 0 spiro atoms. The molecule has 1 unspecified atom stereocenters. The zero-order valence-electron chi connectivity index (χ0n) is 18.5. The number of hydrogen-bond donors (Lipinski definition) is 3. The highest BCUT2D eigenvalue weighted by molar-refractivity contribution is 7.21. The van der Waals surface area contributed by atoms with E-state index < -0.39 is 5.82 Å². The molecule has 4 N–H and O–H groups in total. The number of hydrogen-bond acceptors (Lipinski definition) is 7. The second kappa shape index (κ2) is 9.08. The average Bonchev–Trinajstić information content (AvgIpc) is 3.08. The topological polar surface area (TPSA) is 107 Å². The number of halogens is 1. The SMILES string of the molecule is C=C1CN(c2ccc(CCNC(=O)c3sc4nc(C)c(F)cc4c3N)cc2C#N)CC(C)N1. The van der Waals surface area contributed by atoms with Gasteiger partial charge < -0.3 is 21.3 Å². The molecule has 1 aliphatic rings. The predicted octanol–water partition coefficient (Wildman–Crippen LogP) is 3.48. The maximum absolute atomic E-state index is 13.8. The molecule has 3 heterocycles. The molecule has 2 aromatic heterocycles. The molecule has 0 radical (unpaired) electrons. The lowest BCUT2D eigenvalue weighted by Gasteiger charge is -2.36. The number of benzene rings is 1. The molecular weight excluding hydrogens is 439 g/mol. The zero-order chi connectivity index (χ0) is 23.7. The fraction of sp³-hybridized carbons (Fsp3) is 0.292. The van der Waals surface area contributed by atoms with E-state index in [4.69, 9.17) is 5.73 Å². The van der Waals surface area contributed by atoms with Gasteiger partial charge in [-0.15, -0.1) is 11.3 Å². The molecule has 0 aliphatic carbocycles. The van der Waals surface area contributed by atoms with Crippen molar-refractivity contribution in [3.8, 4) is 6.07 Å². The van der Waals surface area contributed by atoms with Gasteiger partial charge in [-0.3, -0.25) is 4.79 Å². The second-order valence-corrected chi connectivity index (χ2v) is 9.25. The average molecular weight is 465 g/mol. The molecule has 1 aromatic carbocycles. The van der Waals surface area contributed by atoms with Crippen molar-refractivity contribution < 1.29 is 9.18 Å². The van der Waals surface area contributed by atoms with E-state index >= 15 is 0 Å². The summed E-state index contributed by atoms with van der Waals surface area (Å²) in [6, 6.07) is 9.65. The lowest BCUT2D eigenvalue weighted by molar-refractivity contribution is 0.0959. The van der Waals surface area contributed by atoms with Gasteiger partial charge >= 0.3 is 0 Å². The van der Waals surface area contributed by atoms with Gasteiger partial charge in [0, 0.05) is 30.2 Å². The molecule has 0 saturated carbocycles. The molecule has 7 nitrogen and oxygen atoms in total. The number of amides is 1. The Morgan fingerprint density at radius 2 is 2.27 bits per heavy atom. The Bertz CT molecular complexity index is 1290. The first kappa shape index (κ1) is 22.6. The lowest BCUT2D eigenvalue weighted by Crippen LogP contribution is -2.47. The van der Waals surface area contributed by atoms with Crippen LogP contribution in [0.3, 0.4) is 0 Å². The third kappa shape index (κ3) is 4.61. The predicted molar refractivity (Wildman–Crippen MR) is 130 cm³/mol. The number of thiophene rings is 1. The number of carbonyl (C=O) groups excluding carboxylic acids is 1. The van der Waals surface area contributed by atoms with Crippen molar-refractivity contribution >= 4 is 38.8 Å². The summed E-state index contributed by atoms with van der Waals surface area (Å²) in [6.45, 7) is 9.49. The standard InChI is InChI=1S/C24H25FN6OS/c1-13-11-31(12-14(2)29-13)20-5-4-16(8-17(20)10-26)6-7-28-23(32)22-21(27)18-9-19(25)15(3)30-24(18)33-22/h4-5,8-9,14,29H,1,6-7,11-12,27H2,2-3H3,(H,28,32). The van der Waals surface area contributed by atoms with Crippen LogP contribution in [0.1, 0.15) is 33.4 Å². The summed E-state index contributed by atoms with van der Waals surface area (Å²) in [5.74, 6) is -0.769. The van der Waals surface area contributed by atoms with Crippen LogP contribution in [-0.4, -0.2) is 36.6 Å². The summed E-state index contributed by atoms with van der Waals surface area (Å²) in [6.07, 6.45) is 0.558. The van der Waals surface area contributed by atoms with Crippen LogP contribution in [0, 0.1) is 24.1 Å². The Balaban J connectivity index is 1.43. The normalized spacial score (nSPS) is 15.9. The summed E-state index contributed by atoms with van der Waals surface area (Å²) in [7, 11) is 0. The van der Waals surface area contributed by atoms with Crippen LogP contribution < -0.4 is 21.3 Å². The molecular formula is C24H25FN6OS. The molecule has 1 aliphatic heterocycles. The van der Waals surface area contributed by atoms with Gasteiger partial charge in [-0.25, -0.2) is 9.37 Å². The van der Waals surface area contributed by atoms with Gasteiger partial charge in [-0.1, -0.05) is 12.6 Å². The minimum absolute atomic E-state index is 0.238. The summed E-state index contributed by atoms with van der Waals surface area (Å²) < 4.78 is 13.8. The van der Waals surface area contributed by atoms with Gasteiger partial charge in [-0.2, -0.15) is 5.26 Å². The van der Waals surface area contributed by atoms with Gasteiger partial charge in [0.15, 0.2) is 0 Å². The number of rotatable bonds is 5. The zero-order valence-corrected chi connectivity index (χ0v) is 19.4. The number of piperazine rings is 1. The van der Waals surface area contributed by atoms with Gasteiger partial charge in [-0.05, 0) is 44.0 Å². The molecule has 1 fully saturated rings. The number of anilines is 2. The molecule has 1 atom stereocenters. The Labute approximate surface area is 195 Å². The summed E-state index contributed by atoms with van der Waals surface area (Å²) in [5.41, 5.74) is 9.94. The number of pyridine rings is 1. The second-order valence-electron chi connectivity index (χ2n) is 8.25. The van der Waals surface area contributed by atoms with Crippen LogP contribution in [0.2, 0.25) is 0 Å². The summed E-state index contributed by atoms with van der Waals surface area (Å²) in [5, 5.41) is 16.3. The van der Waals surface area contributed by atoms with Crippen molar-refractivity contribution in [3.05, 3.63) is 64.1 Å². The third-order valence-corrected chi connectivity index (χ3v) is 6.72. The van der Waals surface area contributed by atoms with Crippen LogP contribution in [0.25, 0.3) is 10.2 Å². The van der Waals surface area contributed by atoms with E-state index in [9.17, 15) is 14.4 Å². The lowest BCUT2D eigenvalue weighted by atomic mass is 10.0. The number of nitrogens with zero attached hydrogens (tertiary/aromatic N) is 3. The maximum atomic E-state index is 13.8. The fourth-order valence-corrected chi connectivity index (χ4v) is 5.07. The highest BCUT2D eigenvalue weighted by Crippen LogP contribution is 2.33.